The molecule has 32 heavy (non-hydrogen) atoms. The summed E-state index contributed by atoms with van der Waals surface area (Å²) in [6, 6.07) is 13.4. The first-order chi connectivity index (χ1) is 15.4. The Hall–Kier alpha value is -3.87. The van der Waals surface area contributed by atoms with Crippen LogP contribution in [-0.4, -0.2) is 35.9 Å². The van der Waals surface area contributed by atoms with Gasteiger partial charge in [-0.1, -0.05) is 18.2 Å². The maximum atomic E-state index is 12.3. The van der Waals surface area contributed by atoms with Gasteiger partial charge in [0, 0.05) is 12.5 Å². The first-order valence-electron chi connectivity index (χ1n) is 10.4. The Morgan fingerprint density at radius 2 is 1.69 bits per heavy atom. The van der Waals surface area contributed by atoms with E-state index in [1.54, 1.807) is 19.1 Å². The zero-order chi connectivity index (χ0) is 22.7. The van der Waals surface area contributed by atoms with Gasteiger partial charge in [-0.2, -0.15) is 4.99 Å². The smallest absolute Gasteiger partial charge is 0.282 e. The molecule has 2 heterocycles. The van der Waals surface area contributed by atoms with Gasteiger partial charge in [0.1, 0.15) is 17.3 Å². The normalized spacial score (nSPS) is 16.5. The van der Waals surface area contributed by atoms with Crippen molar-refractivity contribution in [3.8, 4) is 11.5 Å². The number of amidine groups is 2. The number of aryl methyl sites for hydroxylation is 2. The van der Waals surface area contributed by atoms with Crippen molar-refractivity contribution in [3.05, 3.63) is 76.6 Å². The van der Waals surface area contributed by atoms with Crippen molar-refractivity contribution in [3.63, 3.8) is 0 Å². The van der Waals surface area contributed by atoms with Crippen LogP contribution in [0.2, 0.25) is 0 Å². The number of nitrogens with one attached hydrogen (secondary N) is 1. The number of rotatable bonds is 7. The molecule has 0 unspecified atom stereocenters. The molecule has 164 valence electrons. The van der Waals surface area contributed by atoms with Crippen molar-refractivity contribution in [2.45, 2.75) is 27.2 Å². The van der Waals surface area contributed by atoms with Crippen molar-refractivity contribution >= 4 is 23.7 Å². The van der Waals surface area contributed by atoms with Crippen LogP contribution in [0.25, 0.3) is 6.08 Å². The largest absolute Gasteiger partial charge is 0.493 e. The van der Waals surface area contributed by atoms with E-state index in [9.17, 15) is 4.79 Å². The van der Waals surface area contributed by atoms with E-state index in [0.29, 0.717) is 24.8 Å². The lowest BCUT2D eigenvalue weighted by Gasteiger charge is -2.22. The molecule has 2 aliphatic rings. The summed E-state index contributed by atoms with van der Waals surface area (Å²) in [6.45, 7) is 7.00. The number of allylic oxidation sites excluding steroid dienone is 1. The number of hydroxylamine groups is 2. The molecule has 0 atom stereocenters. The van der Waals surface area contributed by atoms with E-state index in [-0.39, 0.29) is 11.4 Å². The third-order valence-corrected chi connectivity index (χ3v) is 5.18. The Bertz CT molecular complexity index is 1150. The predicted molar refractivity (Wildman–Crippen MR) is 123 cm³/mol. The van der Waals surface area contributed by atoms with Gasteiger partial charge in [0.15, 0.2) is 11.7 Å². The van der Waals surface area contributed by atoms with Gasteiger partial charge in [-0.25, -0.2) is 0 Å². The monoisotopic (exact) mass is 431 g/mol. The number of nitrogens with zero attached hydrogens (tertiary/aromatic N) is 2. The summed E-state index contributed by atoms with van der Waals surface area (Å²) in [6.07, 6.45) is 4.01. The Labute approximate surface area is 187 Å². The molecule has 0 aliphatic carbocycles. The van der Waals surface area contributed by atoms with Gasteiger partial charge in [0.05, 0.1) is 18.8 Å². The van der Waals surface area contributed by atoms with Crippen LogP contribution in [0.5, 0.6) is 11.5 Å². The molecule has 0 saturated carbocycles. The Kier molecular flexibility index (Phi) is 6.07. The van der Waals surface area contributed by atoms with E-state index >= 15 is 0 Å². The van der Waals surface area contributed by atoms with Crippen molar-refractivity contribution < 1.29 is 19.1 Å². The maximum Gasteiger partial charge on any atom is 0.282 e. The molecule has 2 aromatic rings. The number of benzene rings is 2. The van der Waals surface area contributed by atoms with E-state index < -0.39 is 5.91 Å². The lowest BCUT2D eigenvalue weighted by Crippen LogP contribution is -2.38. The van der Waals surface area contributed by atoms with Crippen molar-refractivity contribution in [1.82, 2.24) is 5.06 Å². The van der Waals surface area contributed by atoms with E-state index in [1.807, 2.05) is 36.4 Å². The summed E-state index contributed by atoms with van der Waals surface area (Å²) in [7, 11) is 0. The van der Waals surface area contributed by atoms with Crippen LogP contribution in [0.4, 0.5) is 0 Å². The highest BCUT2D eigenvalue weighted by Gasteiger charge is 2.34. The Morgan fingerprint density at radius 3 is 2.41 bits per heavy atom. The van der Waals surface area contributed by atoms with Crippen LogP contribution in [0.15, 0.2) is 64.9 Å². The third-order valence-electron chi connectivity index (χ3n) is 5.18. The van der Waals surface area contributed by atoms with Crippen molar-refractivity contribution in [1.29, 1.82) is 5.41 Å². The summed E-state index contributed by atoms with van der Waals surface area (Å²) in [5.74, 6) is 2.03. The standard InChI is InChI=1S/C25H25N3O4/c1-16-5-8-21(13-17(16)2)31-12-4-11-30-20-9-6-19(7-10-20)15-22-24(26)28-23(27-25(22)29)14-18(3)32-28/h5-10,13-15,26H,4,11-12H2,1-3H3/b22-15+,26-24?. The van der Waals surface area contributed by atoms with Gasteiger partial charge >= 0.3 is 0 Å². The van der Waals surface area contributed by atoms with Gasteiger partial charge in [-0.05, 0) is 67.8 Å². The van der Waals surface area contributed by atoms with E-state index in [1.165, 1.54) is 16.2 Å². The summed E-state index contributed by atoms with van der Waals surface area (Å²) >= 11 is 0. The topological polar surface area (TPSA) is 84.2 Å². The Balaban J connectivity index is 1.28. The molecule has 7 nitrogen and oxygen atoms in total. The average Bonchev–Trinajstić information content (AvgIpc) is 3.14. The number of carbonyl (C=O) groups is 1. The molecule has 0 radical (unpaired) electrons. The van der Waals surface area contributed by atoms with Gasteiger partial charge < -0.3 is 14.3 Å². The molecule has 0 spiro atoms. The van der Waals surface area contributed by atoms with E-state index in [2.05, 4.69) is 24.9 Å². The maximum absolute atomic E-state index is 12.3. The van der Waals surface area contributed by atoms with E-state index in [0.717, 1.165) is 23.5 Å². The quantitative estimate of drug-likeness (QED) is 0.512. The van der Waals surface area contributed by atoms with Gasteiger partial charge in [-0.15, -0.1) is 5.06 Å². The molecule has 1 amide bonds. The SMILES string of the molecule is CC1=CC2=NC(=O)/C(=C/c3ccc(OCCCOc4ccc(C)c(C)c4)cc3)C(=N)N2O1. The lowest BCUT2D eigenvalue weighted by molar-refractivity contribution is -0.114. The predicted octanol–water partition coefficient (Wildman–Crippen LogP) is 4.60. The first-order valence-corrected chi connectivity index (χ1v) is 10.4. The fraction of sp³-hybridized carbons (Fsp3) is 0.240. The molecule has 0 fully saturated rings. The number of hydrogen-bond donors (Lipinski definition) is 1. The van der Waals surface area contributed by atoms with Crippen LogP contribution < -0.4 is 9.47 Å². The van der Waals surface area contributed by atoms with Gasteiger partial charge in [-0.3, -0.25) is 10.2 Å². The number of aliphatic imine (C=N–C) groups is 1. The molecule has 0 bridgehead atoms. The van der Waals surface area contributed by atoms with Gasteiger partial charge in [0.2, 0.25) is 0 Å². The minimum absolute atomic E-state index is 0.0304. The summed E-state index contributed by atoms with van der Waals surface area (Å²) in [4.78, 5) is 21.7. The highest BCUT2D eigenvalue weighted by Crippen LogP contribution is 2.24. The number of fused-ring (bicyclic) bond motifs is 1. The fourth-order valence-corrected chi connectivity index (χ4v) is 3.27. The number of carbonyl (C=O) groups excluding carboxylic acids is 1. The first kappa shape index (κ1) is 21.4. The number of amides is 1. The van der Waals surface area contributed by atoms with Crippen LogP contribution in [0.1, 0.15) is 30.0 Å². The van der Waals surface area contributed by atoms with Crippen molar-refractivity contribution in [2.75, 3.05) is 13.2 Å². The molecule has 2 aliphatic heterocycles. The van der Waals surface area contributed by atoms with Gasteiger partial charge in [0.25, 0.3) is 5.91 Å². The molecular weight excluding hydrogens is 406 g/mol. The lowest BCUT2D eigenvalue weighted by atomic mass is 10.1. The fourth-order valence-electron chi connectivity index (χ4n) is 3.27. The highest BCUT2D eigenvalue weighted by atomic mass is 16.7. The zero-order valence-electron chi connectivity index (χ0n) is 18.3. The van der Waals surface area contributed by atoms with Crippen LogP contribution in [0.3, 0.4) is 0 Å². The molecule has 0 saturated heterocycles. The Morgan fingerprint density at radius 1 is 1.00 bits per heavy atom. The minimum Gasteiger partial charge on any atom is -0.493 e. The second-order valence-electron chi connectivity index (χ2n) is 7.69. The molecular formula is C25H25N3O4. The zero-order valence-corrected chi connectivity index (χ0v) is 18.3. The van der Waals surface area contributed by atoms with Crippen molar-refractivity contribution in [2.24, 2.45) is 4.99 Å². The molecule has 1 N–H and O–H groups in total. The van der Waals surface area contributed by atoms with Crippen LogP contribution >= 0.6 is 0 Å². The number of hydrogen-bond acceptors (Lipinski definition) is 5. The second kappa shape index (κ2) is 9.09. The van der Waals surface area contributed by atoms with Crippen LogP contribution in [0, 0.1) is 19.3 Å². The van der Waals surface area contributed by atoms with Crippen LogP contribution in [-0.2, 0) is 9.63 Å². The molecule has 2 aromatic carbocycles. The second-order valence-corrected chi connectivity index (χ2v) is 7.69. The average molecular weight is 431 g/mol. The summed E-state index contributed by atoms with van der Waals surface area (Å²) < 4.78 is 11.5. The molecule has 0 aromatic heterocycles. The minimum atomic E-state index is -0.458. The van der Waals surface area contributed by atoms with E-state index in [4.69, 9.17) is 19.7 Å². The highest BCUT2D eigenvalue weighted by molar-refractivity contribution is 6.32. The number of ether oxygens (including phenoxy) is 2. The third kappa shape index (κ3) is 4.72. The summed E-state index contributed by atoms with van der Waals surface area (Å²) in [5, 5.41) is 9.51. The molecule has 7 heteroatoms. The molecule has 4 rings (SSSR count). The summed E-state index contributed by atoms with van der Waals surface area (Å²) in [5.41, 5.74) is 3.41.